The molecular weight excluding hydrogens is 244 g/mol. The molecule has 0 aromatic heterocycles. The highest BCUT2D eigenvalue weighted by atomic mass is 79.9. The fraction of sp³-hybridized carbons (Fsp3) is 0.455. The Morgan fingerprint density at radius 2 is 1.57 bits per heavy atom. The van der Waals surface area contributed by atoms with Crippen molar-refractivity contribution in [1.29, 1.82) is 0 Å². The van der Waals surface area contributed by atoms with E-state index in [9.17, 15) is 0 Å². The summed E-state index contributed by atoms with van der Waals surface area (Å²) in [5, 5.41) is 0. The molecule has 0 radical (unpaired) electrons. The van der Waals surface area contributed by atoms with Crippen LogP contribution in [0.15, 0.2) is 16.6 Å². The summed E-state index contributed by atoms with van der Waals surface area (Å²) in [7, 11) is 3.29. The normalized spacial score (nSPS) is 10.4. The molecule has 0 N–H and O–H groups in total. The number of hydrogen-bond donors (Lipinski definition) is 0. The molecule has 0 aliphatic heterocycles. The van der Waals surface area contributed by atoms with Gasteiger partial charge in [0.2, 0.25) is 0 Å². The van der Waals surface area contributed by atoms with Gasteiger partial charge in [-0.15, -0.1) is 0 Å². The van der Waals surface area contributed by atoms with Crippen LogP contribution in [-0.2, 0) is 0 Å². The molecule has 0 heterocycles. The van der Waals surface area contributed by atoms with Crippen molar-refractivity contribution in [2.75, 3.05) is 14.2 Å². The lowest BCUT2D eigenvalue weighted by molar-refractivity contribution is 0.354. The lowest BCUT2D eigenvalue weighted by Gasteiger charge is -2.13. The van der Waals surface area contributed by atoms with Gasteiger partial charge in [0.05, 0.1) is 14.2 Å². The summed E-state index contributed by atoms with van der Waals surface area (Å²) < 4.78 is 11.5. The minimum absolute atomic E-state index is 0.462. The van der Waals surface area contributed by atoms with Crippen molar-refractivity contribution in [2.24, 2.45) is 0 Å². The molecule has 0 spiro atoms. The van der Waals surface area contributed by atoms with E-state index in [0.29, 0.717) is 5.92 Å². The molecule has 0 bridgehead atoms. The molecule has 0 saturated heterocycles. The summed E-state index contributed by atoms with van der Waals surface area (Å²) >= 11 is 3.52. The number of rotatable bonds is 3. The van der Waals surface area contributed by atoms with E-state index >= 15 is 0 Å². The van der Waals surface area contributed by atoms with Gasteiger partial charge in [0.25, 0.3) is 0 Å². The summed E-state index contributed by atoms with van der Waals surface area (Å²) in [4.78, 5) is 0. The largest absolute Gasteiger partial charge is 0.493 e. The van der Waals surface area contributed by atoms with E-state index in [2.05, 4.69) is 29.8 Å². The first-order valence-electron chi connectivity index (χ1n) is 4.51. The number of halogens is 1. The van der Waals surface area contributed by atoms with Crippen LogP contribution in [0.2, 0.25) is 0 Å². The molecule has 14 heavy (non-hydrogen) atoms. The molecular formula is C11H15BrO2. The van der Waals surface area contributed by atoms with Gasteiger partial charge < -0.3 is 9.47 Å². The quantitative estimate of drug-likeness (QED) is 0.825. The Balaban J connectivity index is 3.23. The van der Waals surface area contributed by atoms with Crippen LogP contribution < -0.4 is 9.47 Å². The van der Waals surface area contributed by atoms with Gasteiger partial charge in [-0.1, -0.05) is 29.8 Å². The Kier molecular flexibility index (Phi) is 3.81. The standard InChI is InChI=1S/C11H15BrO2/c1-7(2)8-5-10(13-3)11(14-4)6-9(8)12/h5-7H,1-4H3. The zero-order chi connectivity index (χ0) is 10.7. The molecule has 1 rings (SSSR count). The van der Waals surface area contributed by atoms with Gasteiger partial charge in [0.1, 0.15) is 0 Å². The third-order valence-electron chi connectivity index (χ3n) is 2.12. The van der Waals surface area contributed by atoms with Crippen LogP contribution in [-0.4, -0.2) is 14.2 Å². The lowest BCUT2D eigenvalue weighted by Crippen LogP contribution is -1.95. The molecule has 0 aliphatic carbocycles. The van der Waals surface area contributed by atoms with Crippen molar-refractivity contribution in [2.45, 2.75) is 19.8 Å². The first-order valence-corrected chi connectivity index (χ1v) is 5.30. The maximum atomic E-state index is 5.24. The smallest absolute Gasteiger partial charge is 0.161 e. The second kappa shape index (κ2) is 4.69. The van der Waals surface area contributed by atoms with Crippen LogP contribution in [0.4, 0.5) is 0 Å². The predicted molar refractivity (Wildman–Crippen MR) is 61.3 cm³/mol. The minimum atomic E-state index is 0.462. The van der Waals surface area contributed by atoms with Crippen molar-refractivity contribution in [3.05, 3.63) is 22.2 Å². The molecule has 1 aromatic rings. The van der Waals surface area contributed by atoms with Gasteiger partial charge in [-0.05, 0) is 23.6 Å². The summed E-state index contributed by atoms with van der Waals surface area (Å²) in [6.45, 7) is 4.29. The highest BCUT2D eigenvalue weighted by Gasteiger charge is 2.11. The van der Waals surface area contributed by atoms with Crippen molar-refractivity contribution >= 4 is 15.9 Å². The number of benzene rings is 1. The van der Waals surface area contributed by atoms with E-state index in [1.54, 1.807) is 14.2 Å². The fourth-order valence-corrected chi connectivity index (χ4v) is 2.09. The average molecular weight is 259 g/mol. The van der Waals surface area contributed by atoms with Gasteiger partial charge >= 0.3 is 0 Å². The Bertz CT molecular complexity index is 321. The van der Waals surface area contributed by atoms with Gasteiger partial charge in [0.15, 0.2) is 11.5 Å². The zero-order valence-corrected chi connectivity index (χ0v) is 10.5. The fourth-order valence-electron chi connectivity index (χ4n) is 1.31. The maximum Gasteiger partial charge on any atom is 0.161 e. The second-order valence-corrected chi connectivity index (χ2v) is 4.24. The van der Waals surface area contributed by atoms with Crippen molar-refractivity contribution in [1.82, 2.24) is 0 Å². The molecule has 1 aromatic carbocycles. The summed E-state index contributed by atoms with van der Waals surface area (Å²) in [6.07, 6.45) is 0. The van der Waals surface area contributed by atoms with Gasteiger partial charge in [-0.3, -0.25) is 0 Å². The summed E-state index contributed by atoms with van der Waals surface area (Å²) in [6, 6.07) is 3.95. The molecule has 0 fully saturated rings. The monoisotopic (exact) mass is 258 g/mol. The van der Waals surface area contributed by atoms with Gasteiger partial charge in [-0.2, -0.15) is 0 Å². The first kappa shape index (κ1) is 11.4. The lowest BCUT2D eigenvalue weighted by atomic mass is 10.0. The predicted octanol–water partition coefficient (Wildman–Crippen LogP) is 3.59. The second-order valence-electron chi connectivity index (χ2n) is 3.38. The average Bonchev–Trinajstić information content (AvgIpc) is 2.16. The number of methoxy groups -OCH3 is 2. The third kappa shape index (κ3) is 2.21. The number of hydrogen-bond acceptors (Lipinski definition) is 2. The Morgan fingerprint density at radius 1 is 1.07 bits per heavy atom. The van der Waals surface area contributed by atoms with E-state index in [1.807, 2.05) is 12.1 Å². The molecule has 0 amide bonds. The number of ether oxygens (including phenoxy) is 2. The van der Waals surface area contributed by atoms with E-state index in [1.165, 1.54) is 5.56 Å². The molecule has 0 saturated carbocycles. The Hall–Kier alpha value is -0.700. The molecule has 2 nitrogen and oxygen atoms in total. The van der Waals surface area contributed by atoms with Crippen molar-refractivity contribution in [3.8, 4) is 11.5 Å². The van der Waals surface area contributed by atoms with Crippen molar-refractivity contribution < 1.29 is 9.47 Å². The van der Waals surface area contributed by atoms with Crippen LogP contribution in [0.3, 0.4) is 0 Å². The molecule has 3 heteroatoms. The maximum absolute atomic E-state index is 5.24. The van der Waals surface area contributed by atoms with Gasteiger partial charge in [-0.25, -0.2) is 0 Å². The first-order chi connectivity index (χ1) is 6.60. The van der Waals surface area contributed by atoms with Crippen molar-refractivity contribution in [3.63, 3.8) is 0 Å². The van der Waals surface area contributed by atoms with Crippen LogP contribution >= 0.6 is 15.9 Å². The summed E-state index contributed by atoms with van der Waals surface area (Å²) in [5.41, 5.74) is 1.22. The Morgan fingerprint density at radius 3 is 2.00 bits per heavy atom. The SMILES string of the molecule is COc1cc(Br)c(C(C)C)cc1OC. The topological polar surface area (TPSA) is 18.5 Å². The summed E-state index contributed by atoms with van der Waals surface area (Å²) in [5.74, 6) is 1.99. The molecule has 0 unspecified atom stereocenters. The van der Waals surface area contributed by atoms with E-state index < -0.39 is 0 Å². The van der Waals surface area contributed by atoms with Crippen LogP contribution in [0.25, 0.3) is 0 Å². The highest BCUT2D eigenvalue weighted by Crippen LogP contribution is 2.36. The van der Waals surface area contributed by atoms with Crippen LogP contribution in [0.1, 0.15) is 25.3 Å². The highest BCUT2D eigenvalue weighted by molar-refractivity contribution is 9.10. The van der Waals surface area contributed by atoms with Crippen LogP contribution in [0.5, 0.6) is 11.5 Å². The van der Waals surface area contributed by atoms with E-state index in [-0.39, 0.29) is 0 Å². The Labute approximate surface area is 93.4 Å². The minimum Gasteiger partial charge on any atom is -0.493 e. The van der Waals surface area contributed by atoms with Gasteiger partial charge in [0, 0.05) is 4.47 Å². The van der Waals surface area contributed by atoms with Crippen LogP contribution in [0, 0.1) is 0 Å². The third-order valence-corrected chi connectivity index (χ3v) is 2.81. The molecule has 0 aliphatic rings. The zero-order valence-electron chi connectivity index (χ0n) is 8.93. The molecule has 0 atom stereocenters. The van der Waals surface area contributed by atoms with E-state index in [4.69, 9.17) is 9.47 Å². The van der Waals surface area contributed by atoms with E-state index in [0.717, 1.165) is 16.0 Å². The molecule has 78 valence electrons.